The van der Waals surface area contributed by atoms with Crippen LogP contribution >= 0.6 is 0 Å². The fourth-order valence-corrected chi connectivity index (χ4v) is 2.30. The monoisotopic (exact) mass is 366 g/mol. The van der Waals surface area contributed by atoms with Crippen LogP contribution in [0.5, 0.6) is 0 Å². The van der Waals surface area contributed by atoms with E-state index in [1.807, 2.05) is 0 Å². The second-order valence-corrected chi connectivity index (χ2v) is 5.49. The third kappa shape index (κ3) is 4.75. The van der Waals surface area contributed by atoms with E-state index in [1.165, 1.54) is 32.2 Å². The maximum absolute atomic E-state index is 13.8. The zero-order valence-electron chi connectivity index (χ0n) is 14.1. The molecule has 5 nitrogen and oxygen atoms in total. The van der Waals surface area contributed by atoms with Crippen LogP contribution in [0, 0.1) is 17.5 Å². The molecule has 2 rings (SSSR count). The van der Waals surface area contributed by atoms with Gasteiger partial charge in [0, 0.05) is 11.6 Å². The zero-order valence-corrected chi connectivity index (χ0v) is 14.1. The SMILES string of the molecule is COC(=O)c1ccc(F)c(NCC(=O)N[C@H](C)c2ccc(F)cc2F)c1. The van der Waals surface area contributed by atoms with Crippen molar-refractivity contribution in [1.82, 2.24) is 5.32 Å². The summed E-state index contributed by atoms with van der Waals surface area (Å²) in [6.07, 6.45) is 0. The topological polar surface area (TPSA) is 67.4 Å². The Hall–Kier alpha value is -3.03. The third-order valence-electron chi connectivity index (χ3n) is 3.63. The first-order valence-electron chi connectivity index (χ1n) is 7.68. The molecule has 8 heteroatoms. The summed E-state index contributed by atoms with van der Waals surface area (Å²) in [6.45, 7) is 1.22. The standard InChI is InChI=1S/C18H17F3N2O3/c1-10(13-5-4-12(19)8-15(13)21)23-17(24)9-22-16-7-11(18(25)26-2)3-6-14(16)20/h3-8,10,22H,9H2,1-2H3,(H,23,24)/t10-/m1/s1. The zero-order chi connectivity index (χ0) is 19.3. The van der Waals surface area contributed by atoms with E-state index in [2.05, 4.69) is 15.4 Å². The first kappa shape index (κ1) is 19.3. The number of esters is 1. The molecule has 0 aliphatic rings. The van der Waals surface area contributed by atoms with Crippen LogP contribution in [-0.4, -0.2) is 25.5 Å². The Kier molecular flexibility index (Phi) is 6.21. The summed E-state index contributed by atoms with van der Waals surface area (Å²) in [7, 11) is 1.20. The van der Waals surface area contributed by atoms with Crippen molar-refractivity contribution in [2.24, 2.45) is 0 Å². The summed E-state index contributed by atoms with van der Waals surface area (Å²) >= 11 is 0. The number of hydrogen-bond donors (Lipinski definition) is 2. The predicted molar refractivity (Wildman–Crippen MR) is 89.1 cm³/mol. The molecule has 26 heavy (non-hydrogen) atoms. The quantitative estimate of drug-likeness (QED) is 0.771. The number of carbonyl (C=O) groups is 2. The average molecular weight is 366 g/mol. The Labute approximate surface area is 148 Å². The van der Waals surface area contributed by atoms with Gasteiger partial charge in [-0.15, -0.1) is 0 Å². The minimum absolute atomic E-state index is 0.0522. The maximum Gasteiger partial charge on any atom is 0.337 e. The highest BCUT2D eigenvalue weighted by Crippen LogP contribution is 2.18. The Morgan fingerprint density at radius 1 is 1.08 bits per heavy atom. The van der Waals surface area contributed by atoms with E-state index in [0.717, 1.165) is 18.2 Å². The summed E-state index contributed by atoms with van der Waals surface area (Å²) < 4.78 is 45.0. The number of nitrogens with one attached hydrogen (secondary N) is 2. The molecule has 0 fully saturated rings. The molecule has 0 unspecified atom stereocenters. The van der Waals surface area contributed by atoms with Crippen molar-refractivity contribution in [3.8, 4) is 0 Å². The Balaban J connectivity index is 1.99. The molecular weight excluding hydrogens is 349 g/mol. The van der Waals surface area contributed by atoms with Gasteiger partial charge in [-0.05, 0) is 31.2 Å². The lowest BCUT2D eigenvalue weighted by atomic mass is 10.1. The van der Waals surface area contributed by atoms with Gasteiger partial charge in [-0.25, -0.2) is 18.0 Å². The Morgan fingerprint density at radius 2 is 1.81 bits per heavy atom. The number of halogens is 3. The Bertz CT molecular complexity index is 827. The fourth-order valence-electron chi connectivity index (χ4n) is 2.30. The highest BCUT2D eigenvalue weighted by atomic mass is 19.1. The second-order valence-electron chi connectivity index (χ2n) is 5.49. The molecule has 0 radical (unpaired) electrons. The number of benzene rings is 2. The molecule has 0 aromatic heterocycles. The molecule has 0 aliphatic heterocycles. The number of hydrogen-bond acceptors (Lipinski definition) is 4. The van der Waals surface area contributed by atoms with Crippen LogP contribution in [0.2, 0.25) is 0 Å². The number of ether oxygens (including phenoxy) is 1. The molecule has 0 aliphatic carbocycles. The van der Waals surface area contributed by atoms with Gasteiger partial charge in [0.15, 0.2) is 0 Å². The van der Waals surface area contributed by atoms with E-state index >= 15 is 0 Å². The van der Waals surface area contributed by atoms with Crippen molar-refractivity contribution in [2.75, 3.05) is 19.0 Å². The van der Waals surface area contributed by atoms with E-state index in [9.17, 15) is 22.8 Å². The van der Waals surface area contributed by atoms with Gasteiger partial charge in [0.1, 0.15) is 17.5 Å². The van der Waals surface area contributed by atoms with Crippen molar-refractivity contribution in [3.05, 3.63) is 65.0 Å². The minimum Gasteiger partial charge on any atom is -0.465 e. The molecule has 138 valence electrons. The van der Waals surface area contributed by atoms with Crippen molar-refractivity contribution in [2.45, 2.75) is 13.0 Å². The van der Waals surface area contributed by atoms with Gasteiger partial charge in [-0.1, -0.05) is 6.07 Å². The minimum atomic E-state index is -0.775. The lowest BCUT2D eigenvalue weighted by molar-refractivity contribution is -0.120. The molecule has 1 amide bonds. The number of amides is 1. The van der Waals surface area contributed by atoms with Crippen molar-refractivity contribution in [1.29, 1.82) is 0 Å². The molecule has 0 spiro atoms. The normalized spacial score (nSPS) is 11.6. The maximum atomic E-state index is 13.8. The first-order chi connectivity index (χ1) is 12.3. The Morgan fingerprint density at radius 3 is 2.46 bits per heavy atom. The van der Waals surface area contributed by atoms with Gasteiger partial charge >= 0.3 is 5.97 Å². The van der Waals surface area contributed by atoms with Gasteiger partial charge in [0.2, 0.25) is 5.91 Å². The lowest BCUT2D eigenvalue weighted by Gasteiger charge is -2.16. The summed E-state index contributed by atoms with van der Waals surface area (Å²) in [5, 5.41) is 5.08. The molecular formula is C18H17F3N2O3. The van der Waals surface area contributed by atoms with Crippen LogP contribution in [0.3, 0.4) is 0 Å². The van der Waals surface area contributed by atoms with Crippen LogP contribution in [0.15, 0.2) is 36.4 Å². The average Bonchev–Trinajstić information content (AvgIpc) is 2.60. The van der Waals surface area contributed by atoms with Crippen LogP contribution < -0.4 is 10.6 Å². The van der Waals surface area contributed by atoms with Gasteiger partial charge in [-0.3, -0.25) is 4.79 Å². The number of rotatable bonds is 6. The highest BCUT2D eigenvalue weighted by Gasteiger charge is 2.15. The predicted octanol–water partition coefficient (Wildman–Crippen LogP) is 3.18. The number of anilines is 1. The van der Waals surface area contributed by atoms with Crippen molar-refractivity contribution in [3.63, 3.8) is 0 Å². The first-order valence-corrected chi connectivity index (χ1v) is 7.68. The molecule has 2 aromatic carbocycles. The fraction of sp³-hybridized carbons (Fsp3) is 0.222. The summed E-state index contributed by atoms with van der Waals surface area (Å²) in [5.74, 6) is -3.32. The van der Waals surface area contributed by atoms with E-state index in [-0.39, 0.29) is 23.4 Å². The van der Waals surface area contributed by atoms with E-state index in [4.69, 9.17) is 0 Å². The van der Waals surface area contributed by atoms with Crippen LogP contribution in [-0.2, 0) is 9.53 Å². The molecule has 1 atom stereocenters. The number of methoxy groups -OCH3 is 1. The molecule has 0 heterocycles. The largest absolute Gasteiger partial charge is 0.465 e. The highest BCUT2D eigenvalue weighted by molar-refractivity contribution is 5.90. The summed E-state index contributed by atoms with van der Waals surface area (Å²) in [4.78, 5) is 23.4. The lowest BCUT2D eigenvalue weighted by Crippen LogP contribution is -2.32. The van der Waals surface area contributed by atoms with E-state index < -0.39 is 35.4 Å². The molecule has 2 N–H and O–H groups in total. The van der Waals surface area contributed by atoms with Gasteiger partial charge < -0.3 is 15.4 Å². The van der Waals surface area contributed by atoms with Gasteiger partial charge in [0.25, 0.3) is 0 Å². The van der Waals surface area contributed by atoms with Crippen LogP contribution in [0.4, 0.5) is 18.9 Å². The van der Waals surface area contributed by atoms with Crippen LogP contribution in [0.25, 0.3) is 0 Å². The van der Waals surface area contributed by atoms with E-state index in [1.54, 1.807) is 0 Å². The van der Waals surface area contributed by atoms with Gasteiger partial charge in [0.05, 0.1) is 30.9 Å². The van der Waals surface area contributed by atoms with Crippen molar-refractivity contribution >= 4 is 17.6 Å². The third-order valence-corrected chi connectivity index (χ3v) is 3.63. The van der Waals surface area contributed by atoms with E-state index in [0.29, 0.717) is 0 Å². The molecule has 0 bridgehead atoms. The molecule has 0 saturated carbocycles. The molecule has 2 aromatic rings. The van der Waals surface area contributed by atoms with Crippen molar-refractivity contribution < 1.29 is 27.5 Å². The second kappa shape index (κ2) is 8.37. The smallest absolute Gasteiger partial charge is 0.337 e. The summed E-state index contributed by atoms with van der Waals surface area (Å²) in [6, 6.07) is 5.89. The van der Waals surface area contributed by atoms with Crippen LogP contribution in [0.1, 0.15) is 28.9 Å². The summed E-state index contributed by atoms with van der Waals surface area (Å²) in [5.41, 5.74) is 0.195. The van der Waals surface area contributed by atoms with Gasteiger partial charge in [-0.2, -0.15) is 0 Å². The molecule has 0 saturated heterocycles. The number of carbonyl (C=O) groups excluding carboxylic acids is 2.